The molecule has 0 aliphatic rings. The summed E-state index contributed by atoms with van der Waals surface area (Å²) in [6.45, 7) is 6.31. The van der Waals surface area contributed by atoms with Crippen LogP contribution < -0.4 is 5.32 Å². The number of nitrogens with one attached hydrogen (secondary N) is 1. The average Bonchev–Trinajstić information content (AvgIpc) is 2.94. The minimum Gasteiger partial charge on any atom is -0.352 e. The summed E-state index contributed by atoms with van der Waals surface area (Å²) in [7, 11) is 0. The molecule has 7 heteroatoms. The molecule has 23 heavy (non-hydrogen) atoms. The number of carbonyl (C=O) groups is 1. The molecule has 1 atom stereocenters. The van der Waals surface area contributed by atoms with Crippen LogP contribution in [-0.4, -0.2) is 32.2 Å². The maximum atomic E-state index is 12.9. The molecule has 6 nitrogen and oxygen atoms in total. The smallest absolute Gasteiger partial charge is 0.243 e. The van der Waals surface area contributed by atoms with Crippen molar-refractivity contribution in [2.45, 2.75) is 46.2 Å². The van der Waals surface area contributed by atoms with E-state index in [0.717, 1.165) is 12.8 Å². The summed E-state index contributed by atoms with van der Waals surface area (Å²) in [6, 6.07) is 5.93. The Bertz CT molecular complexity index is 638. The van der Waals surface area contributed by atoms with E-state index >= 15 is 0 Å². The zero-order chi connectivity index (χ0) is 16.8. The number of carbonyl (C=O) groups excluding carboxylic acids is 1. The van der Waals surface area contributed by atoms with Gasteiger partial charge >= 0.3 is 0 Å². The Labute approximate surface area is 135 Å². The number of benzene rings is 1. The minimum absolute atomic E-state index is 0.0141. The number of halogens is 1. The first-order valence-corrected chi connectivity index (χ1v) is 7.77. The summed E-state index contributed by atoms with van der Waals surface area (Å²) < 4.78 is 12.9. The highest BCUT2D eigenvalue weighted by Crippen LogP contribution is 2.13. The molecule has 0 fully saturated rings. The largest absolute Gasteiger partial charge is 0.352 e. The van der Waals surface area contributed by atoms with Crippen molar-refractivity contribution >= 4 is 5.91 Å². The number of rotatable bonds is 7. The van der Waals surface area contributed by atoms with Crippen LogP contribution >= 0.6 is 0 Å². The van der Waals surface area contributed by atoms with Crippen molar-refractivity contribution in [1.29, 1.82) is 0 Å². The van der Waals surface area contributed by atoms with Gasteiger partial charge in [0.1, 0.15) is 12.4 Å². The van der Waals surface area contributed by atoms with Gasteiger partial charge in [0, 0.05) is 11.6 Å². The second-order valence-corrected chi connectivity index (χ2v) is 6.09. The van der Waals surface area contributed by atoms with E-state index < -0.39 is 0 Å². The molecule has 0 saturated carbocycles. The summed E-state index contributed by atoms with van der Waals surface area (Å²) in [5.74, 6) is 0.510. The molecule has 1 aromatic carbocycles. The standard InChI is InChI=1S/C16H22FN5O/c1-11(2)4-5-12(3)18-15(23)10-22-20-16(19-21-22)13-6-8-14(17)9-7-13/h6-9,11-12H,4-5,10H2,1-3H3,(H,18,23)/t12-/m0/s1. The number of nitrogens with zero attached hydrogens (tertiary/aromatic N) is 4. The summed E-state index contributed by atoms with van der Waals surface area (Å²) in [5.41, 5.74) is 0.656. The van der Waals surface area contributed by atoms with Crippen LogP contribution in [0, 0.1) is 11.7 Å². The molecule has 0 aliphatic heterocycles. The van der Waals surface area contributed by atoms with Gasteiger partial charge in [-0.25, -0.2) is 4.39 Å². The van der Waals surface area contributed by atoms with E-state index in [2.05, 4.69) is 34.6 Å². The Morgan fingerprint density at radius 3 is 2.57 bits per heavy atom. The molecule has 0 radical (unpaired) electrons. The predicted molar refractivity (Wildman–Crippen MR) is 84.9 cm³/mol. The van der Waals surface area contributed by atoms with Crippen LogP contribution in [-0.2, 0) is 11.3 Å². The molecule has 2 rings (SSSR count). The maximum absolute atomic E-state index is 12.9. The quantitative estimate of drug-likeness (QED) is 0.850. The lowest BCUT2D eigenvalue weighted by atomic mass is 10.0. The average molecular weight is 319 g/mol. The molecule has 2 aromatic rings. The molecule has 1 aromatic heterocycles. The number of amides is 1. The van der Waals surface area contributed by atoms with Gasteiger partial charge in [0.2, 0.25) is 11.7 Å². The summed E-state index contributed by atoms with van der Waals surface area (Å²) in [4.78, 5) is 13.2. The van der Waals surface area contributed by atoms with Gasteiger partial charge in [0.15, 0.2) is 0 Å². The Kier molecular flexibility index (Phi) is 5.78. The van der Waals surface area contributed by atoms with Crippen molar-refractivity contribution in [3.63, 3.8) is 0 Å². The molecule has 1 amide bonds. The Balaban J connectivity index is 1.88. The maximum Gasteiger partial charge on any atom is 0.243 e. The van der Waals surface area contributed by atoms with Crippen molar-refractivity contribution in [2.75, 3.05) is 0 Å². The van der Waals surface area contributed by atoms with Crippen LogP contribution in [0.1, 0.15) is 33.6 Å². The first-order chi connectivity index (χ1) is 10.9. The monoisotopic (exact) mass is 319 g/mol. The third-order valence-electron chi connectivity index (χ3n) is 3.42. The fourth-order valence-corrected chi connectivity index (χ4v) is 2.13. The molecule has 0 bridgehead atoms. The van der Waals surface area contributed by atoms with E-state index in [0.29, 0.717) is 17.3 Å². The van der Waals surface area contributed by atoms with E-state index in [1.165, 1.54) is 16.9 Å². The molecule has 0 unspecified atom stereocenters. The highest BCUT2D eigenvalue weighted by molar-refractivity contribution is 5.75. The first kappa shape index (κ1) is 17.1. The van der Waals surface area contributed by atoms with E-state index in [1.807, 2.05) is 6.92 Å². The van der Waals surface area contributed by atoms with E-state index in [-0.39, 0.29) is 24.3 Å². The van der Waals surface area contributed by atoms with Crippen LogP contribution in [0.4, 0.5) is 4.39 Å². The fourth-order valence-electron chi connectivity index (χ4n) is 2.13. The van der Waals surface area contributed by atoms with Gasteiger partial charge in [-0.3, -0.25) is 4.79 Å². The van der Waals surface area contributed by atoms with Gasteiger partial charge in [0.05, 0.1) is 0 Å². The Hall–Kier alpha value is -2.31. The van der Waals surface area contributed by atoms with Gasteiger partial charge < -0.3 is 5.32 Å². The van der Waals surface area contributed by atoms with Gasteiger partial charge in [0.25, 0.3) is 0 Å². The molecule has 0 spiro atoms. The summed E-state index contributed by atoms with van der Waals surface area (Å²) >= 11 is 0. The number of tetrazole rings is 1. The fraction of sp³-hybridized carbons (Fsp3) is 0.500. The van der Waals surface area contributed by atoms with Gasteiger partial charge in [-0.05, 0) is 55.2 Å². The third-order valence-corrected chi connectivity index (χ3v) is 3.42. The zero-order valence-corrected chi connectivity index (χ0v) is 13.7. The normalized spacial score (nSPS) is 12.4. The number of aromatic nitrogens is 4. The van der Waals surface area contributed by atoms with Crippen molar-refractivity contribution in [3.05, 3.63) is 30.1 Å². The summed E-state index contributed by atoms with van der Waals surface area (Å²) in [5, 5.41) is 14.8. The number of hydrogen-bond acceptors (Lipinski definition) is 4. The second kappa shape index (κ2) is 7.80. The van der Waals surface area contributed by atoms with Crippen molar-refractivity contribution in [1.82, 2.24) is 25.5 Å². The van der Waals surface area contributed by atoms with Crippen LogP contribution in [0.3, 0.4) is 0 Å². The molecule has 0 saturated heterocycles. The minimum atomic E-state index is -0.323. The van der Waals surface area contributed by atoms with Crippen LogP contribution in [0.15, 0.2) is 24.3 Å². The van der Waals surface area contributed by atoms with Gasteiger partial charge in [-0.1, -0.05) is 13.8 Å². The topological polar surface area (TPSA) is 72.7 Å². The van der Waals surface area contributed by atoms with Crippen molar-refractivity contribution in [3.8, 4) is 11.4 Å². The van der Waals surface area contributed by atoms with E-state index in [1.54, 1.807) is 12.1 Å². The van der Waals surface area contributed by atoms with E-state index in [9.17, 15) is 9.18 Å². The second-order valence-electron chi connectivity index (χ2n) is 6.09. The van der Waals surface area contributed by atoms with Gasteiger partial charge in [-0.15, -0.1) is 10.2 Å². The summed E-state index contributed by atoms with van der Waals surface area (Å²) in [6.07, 6.45) is 2.01. The first-order valence-electron chi connectivity index (χ1n) is 7.77. The highest BCUT2D eigenvalue weighted by Gasteiger charge is 2.12. The molecular weight excluding hydrogens is 297 g/mol. The van der Waals surface area contributed by atoms with E-state index in [4.69, 9.17) is 0 Å². The molecule has 1 heterocycles. The van der Waals surface area contributed by atoms with Crippen LogP contribution in [0.5, 0.6) is 0 Å². The predicted octanol–water partition coefficient (Wildman–Crippen LogP) is 2.42. The SMILES string of the molecule is CC(C)CC[C@H](C)NC(=O)Cn1nnc(-c2ccc(F)cc2)n1. The van der Waals surface area contributed by atoms with Gasteiger partial charge in [-0.2, -0.15) is 4.80 Å². The Morgan fingerprint density at radius 2 is 1.91 bits per heavy atom. The van der Waals surface area contributed by atoms with Crippen molar-refractivity contribution in [2.24, 2.45) is 5.92 Å². The molecule has 0 aliphatic carbocycles. The highest BCUT2D eigenvalue weighted by atomic mass is 19.1. The molecular formula is C16H22FN5O. The molecule has 1 N–H and O–H groups in total. The molecule has 124 valence electrons. The van der Waals surface area contributed by atoms with Crippen LogP contribution in [0.2, 0.25) is 0 Å². The Morgan fingerprint density at radius 1 is 1.22 bits per heavy atom. The van der Waals surface area contributed by atoms with Crippen molar-refractivity contribution < 1.29 is 9.18 Å². The van der Waals surface area contributed by atoms with Crippen LogP contribution in [0.25, 0.3) is 11.4 Å². The third kappa shape index (κ3) is 5.43. The lowest BCUT2D eigenvalue weighted by Crippen LogP contribution is -2.35. The lowest BCUT2D eigenvalue weighted by Gasteiger charge is -2.14. The zero-order valence-electron chi connectivity index (χ0n) is 13.7. The number of hydrogen-bond donors (Lipinski definition) is 1. The lowest BCUT2D eigenvalue weighted by molar-refractivity contribution is -0.122.